The zero-order chi connectivity index (χ0) is 19.3. The summed E-state index contributed by atoms with van der Waals surface area (Å²) in [5, 5.41) is 2.66. The van der Waals surface area contributed by atoms with Gasteiger partial charge in [0.25, 0.3) is 5.91 Å². The average Bonchev–Trinajstić information content (AvgIpc) is 3.12. The normalized spacial score (nSPS) is 15.7. The highest BCUT2D eigenvalue weighted by Crippen LogP contribution is 2.14. The maximum Gasteiger partial charge on any atom is 0.287 e. The van der Waals surface area contributed by atoms with Crippen molar-refractivity contribution in [2.75, 3.05) is 43.4 Å². The molecule has 1 N–H and O–H groups in total. The molecular weight excluding hydrogens is 438 g/mol. The summed E-state index contributed by atoms with van der Waals surface area (Å²) in [4.78, 5) is 22.2. The first-order valence-electron chi connectivity index (χ1n) is 8.49. The first-order valence-corrected chi connectivity index (χ1v) is 10.9. The van der Waals surface area contributed by atoms with E-state index in [1.54, 1.807) is 30.6 Å². The van der Waals surface area contributed by atoms with Gasteiger partial charge in [-0.25, -0.2) is 18.4 Å². The van der Waals surface area contributed by atoms with Crippen LogP contribution < -0.4 is 10.2 Å². The molecule has 1 amide bonds. The summed E-state index contributed by atoms with van der Waals surface area (Å²) in [5.41, 5.74) is 0. The fourth-order valence-electron chi connectivity index (χ4n) is 2.73. The highest BCUT2D eigenvalue weighted by molar-refractivity contribution is 9.10. The fourth-order valence-corrected chi connectivity index (χ4v) is 4.52. The quantitative estimate of drug-likeness (QED) is 0.619. The fraction of sp³-hybridized carbons (Fsp3) is 0.438. The number of carbonyl (C=O) groups is 1. The number of sulfonamides is 1. The molecule has 11 heteroatoms. The van der Waals surface area contributed by atoms with Crippen LogP contribution in [0.3, 0.4) is 0 Å². The number of piperazine rings is 1. The van der Waals surface area contributed by atoms with Crippen LogP contribution in [-0.4, -0.2) is 67.1 Å². The Balaban J connectivity index is 1.42. The third-order valence-electron chi connectivity index (χ3n) is 4.13. The first kappa shape index (κ1) is 19.8. The maximum absolute atomic E-state index is 12.5. The molecule has 1 saturated heterocycles. The van der Waals surface area contributed by atoms with Crippen molar-refractivity contribution in [2.45, 2.75) is 6.42 Å². The molecule has 0 bridgehead atoms. The minimum absolute atomic E-state index is 0.0169. The molecule has 3 heterocycles. The van der Waals surface area contributed by atoms with Crippen LogP contribution in [-0.2, 0) is 10.0 Å². The molecule has 146 valence electrons. The van der Waals surface area contributed by atoms with Crippen LogP contribution in [0.25, 0.3) is 0 Å². The minimum atomic E-state index is -3.36. The molecule has 2 aromatic rings. The van der Waals surface area contributed by atoms with Gasteiger partial charge in [0.15, 0.2) is 10.4 Å². The number of nitrogens with one attached hydrogen (secondary N) is 1. The molecule has 27 heavy (non-hydrogen) atoms. The zero-order valence-corrected chi connectivity index (χ0v) is 16.9. The zero-order valence-electron chi connectivity index (χ0n) is 14.5. The van der Waals surface area contributed by atoms with Crippen molar-refractivity contribution >= 4 is 37.8 Å². The van der Waals surface area contributed by atoms with Crippen molar-refractivity contribution < 1.29 is 17.6 Å². The van der Waals surface area contributed by atoms with Gasteiger partial charge in [0.1, 0.15) is 0 Å². The van der Waals surface area contributed by atoms with E-state index in [0.29, 0.717) is 43.2 Å². The van der Waals surface area contributed by atoms with Gasteiger partial charge in [-0.2, -0.15) is 4.31 Å². The number of carbonyl (C=O) groups excluding carboxylic acids is 1. The molecule has 0 unspecified atom stereocenters. The SMILES string of the molecule is O=C(NCCCS(=O)(=O)N1CCN(c2ncccn2)CC1)c1ccc(Br)o1. The number of nitrogens with zero attached hydrogens (tertiary/aromatic N) is 4. The smallest absolute Gasteiger partial charge is 0.287 e. The van der Waals surface area contributed by atoms with Crippen molar-refractivity contribution in [2.24, 2.45) is 0 Å². The van der Waals surface area contributed by atoms with E-state index < -0.39 is 10.0 Å². The van der Waals surface area contributed by atoms with Gasteiger partial charge in [0, 0.05) is 45.1 Å². The lowest BCUT2D eigenvalue weighted by atomic mass is 10.4. The van der Waals surface area contributed by atoms with Gasteiger partial charge in [-0.15, -0.1) is 0 Å². The molecule has 0 aromatic carbocycles. The number of hydrogen-bond acceptors (Lipinski definition) is 7. The lowest BCUT2D eigenvalue weighted by molar-refractivity contribution is 0.0924. The van der Waals surface area contributed by atoms with E-state index in [2.05, 4.69) is 31.2 Å². The second kappa shape index (κ2) is 8.81. The summed E-state index contributed by atoms with van der Waals surface area (Å²) < 4.78 is 32.1. The number of anilines is 1. The standard InChI is InChI=1S/C16H20BrN5O4S/c17-14-4-3-13(26-14)15(23)18-7-2-12-27(24,25)22-10-8-21(9-11-22)16-19-5-1-6-20-16/h1,3-6H,2,7-12H2,(H,18,23). The first-order chi connectivity index (χ1) is 13.0. The Hall–Kier alpha value is -1.98. The van der Waals surface area contributed by atoms with Crippen molar-refractivity contribution in [1.82, 2.24) is 19.6 Å². The Bertz CT molecular complexity index is 866. The largest absolute Gasteiger partial charge is 0.444 e. The topological polar surface area (TPSA) is 109 Å². The van der Waals surface area contributed by atoms with E-state index in [4.69, 9.17) is 4.42 Å². The summed E-state index contributed by atoms with van der Waals surface area (Å²) >= 11 is 3.13. The molecule has 0 spiro atoms. The molecule has 0 saturated carbocycles. The summed E-state index contributed by atoms with van der Waals surface area (Å²) in [6.07, 6.45) is 3.67. The molecular formula is C16H20BrN5O4S. The third kappa shape index (κ3) is 5.27. The molecule has 1 aliphatic rings. The molecule has 3 rings (SSSR count). The van der Waals surface area contributed by atoms with Gasteiger partial charge in [-0.3, -0.25) is 4.79 Å². The van der Waals surface area contributed by atoms with Gasteiger partial charge in [-0.05, 0) is 40.5 Å². The third-order valence-corrected chi connectivity index (χ3v) is 6.51. The minimum Gasteiger partial charge on any atom is -0.444 e. The lowest BCUT2D eigenvalue weighted by Gasteiger charge is -2.33. The summed E-state index contributed by atoms with van der Waals surface area (Å²) in [5.74, 6) is 0.414. The van der Waals surface area contributed by atoms with Crippen LogP contribution in [0.1, 0.15) is 17.0 Å². The van der Waals surface area contributed by atoms with Gasteiger partial charge >= 0.3 is 0 Å². The molecule has 2 aromatic heterocycles. The van der Waals surface area contributed by atoms with Gasteiger partial charge in [0.05, 0.1) is 5.75 Å². The van der Waals surface area contributed by atoms with E-state index in [1.807, 2.05) is 4.90 Å². The second-order valence-electron chi connectivity index (χ2n) is 5.96. The number of furan rings is 1. The number of hydrogen-bond donors (Lipinski definition) is 1. The van der Waals surface area contributed by atoms with Gasteiger partial charge in [0.2, 0.25) is 16.0 Å². The number of rotatable bonds is 7. The second-order valence-corrected chi connectivity index (χ2v) is 8.83. The Morgan fingerprint density at radius 1 is 1.19 bits per heavy atom. The highest BCUT2D eigenvalue weighted by atomic mass is 79.9. The van der Waals surface area contributed by atoms with Crippen molar-refractivity contribution in [3.8, 4) is 0 Å². The molecule has 0 radical (unpaired) electrons. The van der Waals surface area contributed by atoms with E-state index in [9.17, 15) is 13.2 Å². The van der Waals surface area contributed by atoms with Crippen molar-refractivity contribution in [3.05, 3.63) is 41.0 Å². The molecule has 1 aliphatic heterocycles. The Morgan fingerprint density at radius 2 is 1.89 bits per heavy atom. The Labute approximate surface area is 165 Å². The predicted octanol–water partition coefficient (Wildman–Crippen LogP) is 1.10. The van der Waals surface area contributed by atoms with E-state index in [1.165, 1.54) is 4.31 Å². The van der Waals surface area contributed by atoms with E-state index >= 15 is 0 Å². The van der Waals surface area contributed by atoms with Crippen molar-refractivity contribution in [3.63, 3.8) is 0 Å². The van der Waals surface area contributed by atoms with E-state index in [0.717, 1.165) is 0 Å². The molecule has 0 aliphatic carbocycles. The average molecular weight is 458 g/mol. The summed E-state index contributed by atoms with van der Waals surface area (Å²) in [6, 6.07) is 4.92. The Morgan fingerprint density at radius 3 is 2.52 bits per heavy atom. The van der Waals surface area contributed by atoms with Crippen LogP contribution in [0.5, 0.6) is 0 Å². The predicted molar refractivity (Wildman–Crippen MR) is 103 cm³/mol. The Kier molecular flexibility index (Phi) is 6.45. The molecule has 9 nitrogen and oxygen atoms in total. The maximum atomic E-state index is 12.5. The van der Waals surface area contributed by atoms with Crippen LogP contribution in [0.4, 0.5) is 5.95 Å². The lowest BCUT2D eigenvalue weighted by Crippen LogP contribution is -2.49. The van der Waals surface area contributed by atoms with Gasteiger partial charge in [-0.1, -0.05) is 0 Å². The molecule has 0 atom stereocenters. The van der Waals surface area contributed by atoms with Crippen molar-refractivity contribution in [1.29, 1.82) is 0 Å². The number of halogens is 1. The number of amides is 1. The number of aromatic nitrogens is 2. The van der Waals surface area contributed by atoms with Crippen LogP contribution in [0, 0.1) is 0 Å². The van der Waals surface area contributed by atoms with Crippen LogP contribution in [0.15, 0.2) is 39.7 Å². The summed E-state index contributed by atoms with van der Waals surface area (Å²) in [7, 11) is -3.36. The van der Waals surface area contributed by atoms with Crippen LogP contribution in [0.2, 0.25) is 0 Å². The van der Waals surface area contributed by atoms with E-state index in [-0.39, 0.29) is 24.0 Å². The summed E-state index contributed by atoms with van der Waals surface area (Å²) in [6.45, 7) is 2.15. The monoisotopic (exact) mass is 457 g/mol. The van der Waals surface area contributed by atoms with Crippen LogP contribution >= 0.6 is 15.9 Å². The highest BCUT2D eigenvalue weighted by Gasteiger charge is 2.27. The van der Waals surface area contributed by atoms with Gasteiger partial charge < -0.3 is 14.6 Å². The molecule has 1 fully saturated rings.